The maximum atomic E-state index is 11.4. The van der Waals surface area contributed by atoms with Crippen molar-refractivity contribution in [2.75, 3.05) is 39.5 Å². The quantitative estimate of drug-likeness (QED) is 0.742. The molecule has 0 aromatic carbocycles. The monoisotopic (exact) mass is 319 g/mol. The van der Waals surface area contributed by atoms with E-state index < -0.39 is 10.0 Å². The number of likely N-dealkylation sites (tertiary alicyclic amines) is 1. The largest absolute Gasteiger partial charge is 0.354 e. The van der Waals surface area contributed by atoms with Crippen molar-refractivity contribution in [1.82, 2.24) is 14.5 Å². The first-order valence-corrected chi connectivity index (χ1v) is 9.44. The Hall–Kier alpha value is -0.660. The number of piperidine rings is 1. The van der Waals surface area contributed by atoms with Crippen molar-refractivity contribution in [1.29, 1.82) is 0 Å². The highest BCUT2D eigenvalue weighted by Gasteiger charge is 2.20. The van der Waals surface area contributed by atoms with Crippen LogP contribution in [0.4, 0.5) is 0 Å². The number of carbonyl (C=O) groups is 1. The van der Waals surface area contributed by atoms with E-state index in [1.54, 1.807) is 14.0 Å². The van der Waals surface area contributed by atoms with Crippen LogP contribution in [0.3, 0.4) is 0 Å². The number of hydrogen-bond donors (Lipinski definition) is 1. The first-order valence-electron chi connectivity index (χ1n) is 7.59. The molecule has 0 aromatic heterocycles. The second kappa shape index (κ2) is 8.10. The van der Waals surface area contributed by atoms with Crippen LogP contribution in [0.15, 0.2) is 0 Å². The van der Waals surface area contributed by atoms with Gasteiger partial charge >= 0.3 is 0 Å². The number of nitrogens with zero attached hydrogens (tertiary/aromatic N) is 2. The minimum Gasteiger partial charge on any atom is -0.354 e. The maximum absolute atomic E-state index is 11.4. The maximum Gasteiger partial charge on any atom is 0.217 e. The SMILES string of the molecule is CC(=O)NC1CCN(CCC(C)CN(C)S(C)(=O)=O)CC1. The van der Waals surface area contributed by atoms with Gasteiger partial charge in [-0.1, -0.05) is 6.92 Å². The lowest BCUT2D eigenvalue weighted by atomic mass is 10.0. The van der Waals surface area contributed by atoms with Gasteiger partial charge in [-0.05, 0) is 31.7 Å². The summed E-state index contributed by atoms with van der Waals surface area (Å²) < 4.78 is 24.2. The van der Waals surface area contributed by atoms with Crippen molar-refractivity contribution in [3.05, 3.63) is 0 Å². The molecule has 7 heteroatoms. The van der Waals surface area contributed by atoms with Gasteiger partial charge in [-0.3, -0.25) is 4.79 Å². The van der Waals surface area contributed by atoms with Gasteiger partial charge in [0.1, 0.15) is 0 Å². The van der Waals surface area contributed by atoms with Gasteiger partial charge < -0.3 is 10.2 Å². The first-order chi connectivity index (χ1) is 9.68. The molecular formula is C14H29N3O3S. The minimum absolute atomic E-state index is 0.0471. The summed E-state index contributed by atoms with van der Waals surface area (Å²) in [5, 5.41) is 2.97. The Morgan fingerprint density at radius 3 is 2.43 bits per heavy atom. The number of hydrogen-bond acceptors (Lipinski definition) is 4. The third kappa shape index (κ3) is 7.24. The van der Waals surface area contributed by atoms with Gasteiger partial charge in [0.25, 0.3) is 0 Å². The number of carbonyl (C=O) groups excluding carboxylic acids is 1. The summed E-state index contributed by atoms with van der Waals surface area (Å²) in [5.41, 5.74) is 0. The van der Waals surface area contributed by atoms with Crippen molar-refractivity contribution in [3.63, 3.8) is 0 Å². The lowest BCUT2D eigenvalue weighted by Crippen LogP contribution is -2.44. The average Bonchev–Trinajstić information content (AvgIpc) is 2.36. The second-order valence-electron chi connectivity index (χ2n) is 6.25. The highest BCUT2D eigenvalue weighted by molar-refractivity contribution is 7.88. The van der Waals surface area contributed by atoms with Crippen LogP contribution in [0.2, 0.25) is 0 Å². The predicted molar refractivity (Wildman–Crippen MR) is 84.5 cm³/mol. The molecule has 1 atom stereocenters. The van der Waals surface area contributed by atoms with Crippen molar-refractivity contribution in [2.45, 2.75) is 39.2 Å². The Balaban J connectivity index is 2.23. The molecular weight excluding hydrogens is 290 g/mol. The standard InChI is InChI=1S/C14H29N3O3S/c1-12(11-16(3)21(4,19)20)5-8-17-9-6-14(7-10-17)15-13(2)18/h12,14H,5-11H2,1-4H3,(H,15,18). The van der Waals surface area contributed by atoms with Crippen molar-refractivity contribution in [2.24, 2.45) is 5.92 Å². The molecule has 1 amide bonds. The van der Waals surface area contributed by atoms with Gasteiger partial charge in [0.05, 0.1) is 6.26 Å². The highest BCUT2D eigenvalue weighted by atomic mass is 32.2. The fourth-order valence-electron chi connectivity index (χ4n) is 2.66. The average molecular weight is 319 g/mol. The minimum atomic E-state index is -3.08. The normalized spacial score (nSPS) is 19.7. The molecule has 6 nitrogen and oxygen atoms in total. The van der Waals surface area contributed by atoms with Crippen molar-refractivity contribution in [3.8, 4) is 0 Å². The highest BCUT2D eigenvalue weighted by Crippen LogP contribution is 2.13. The molecule has 1 aliphatic heterocycles. The van der Waals surface area contributed by atoms with Crippen LogP contribution in [0.5, 0.6) is 0 Å². The van der Waals surface area contributed by atoms with Crippen LogP contribution in [-0.2, 0) is 14.8 Å². The van der Waals surface area contributed by atoms with Gasteiger partial charge in [-0.2, -0.15) is 0 Å². The van der Waals surface area contributed by atoms with E-state index in [4.69, 9.17) is 0 Å². The smallest absolute Gasteiger partial charge is 0.217 e. The number of nitrogens with one attached hydrogen (secondary N) is 1. The van der Waals surface area contributed by atoms with E-state index in [9.17, 15) is 13.2 Å². The molecule has 1 fully saturated rings. The number of amides is 1. The zero-order valence-electron chi connectivity index (χ0n) is 13.6. The molecule has 0 saturated carbocycles. The molecule has 1 saturated heterocycles. The Kier molecular flexibility index (Phi) is 7.09. The fourth-order valence-corrected chi connectivity index (χ4v) is 3.18. The Morgan fingerprint density at radius 2 is 1.95 bits per heavy atom. The Bertz CT molecular complexity index is 431. The van der Waals surface area contributed by atoms with Gasteiger partial charge in [0, 0.05) is 39.6 Å². The summed E-state index contributed by atoms with van der Waals surface area (Å²) in [6, 6.07) is 0.313. The van der Waals surface area contributed by atoms with E-state index in [0.717, 1.165) is 38.9 Å². The van der Waals surface area contributed by atoms with E-state index in [1.165, 1.54) is 10.6 Å². The molecule has 1 rings (SSSR count). The summed E-state index contributed by atoms with van der Waals surface area (Å²) in [6.45, 7) is 7.21. The van der Waals surface area contributed by atoms with E-state index in [-0.39, 0.29) is 5.91 Å². The van der Waals surface area contributed by atoms with Crippen LogP contribution in [-0.4, -0.2) is 69.1 Å². The summed E-state index contributed by atoms with van der Waals surface area (Å²) in [4.78, 5) is 13.4. The van der Waals surface area contributed by atoms with Crippen molar-refractivity contribution < 1.29 is 13.2 Å². The van der Waals surface area contributed by atoms with E-state index in [1.807, 2.05) is 0 Å². The van der Waals surface area contributed by atoms with Gasteiger partial charge in [0.2, 0.25) is 15.9 Å². The molecule has 0 bridgehead atoms. The summed E-state index contributed by atoms with van der Waals surface area (Å²) in [5.74, 6) is 0.392. The summed E-state index contributed by atoms with van der Waals surface area (Å²) in [7, 11) is -1.45. The molecule has 0 aromatic rings. The van der Waals surface area contributed by atoms with Gasteiger partial charge in [-0.25, -0.2) is 12.7 Å². The second-order valence-corrected chi connectivity index (χ2v) is 8.34. The molecule has 0 spiro atoms. The molecule has 0 radical (unpaired) electrons. The Morgan fingerprint density at radius 1 is 1.38 bits per heavy atom. The van der Waals surface area contributed by atoms with E-state index >= 15 is 0 Å². The van der Waals surface area contributed by atoms with Crippen LogP contribution < -0.4 is 5.32 Å². The summed E-state index contributed by atoms with van der Waals surface area (Å²) >= 11 is 0. The predicted octanol–water partition coefficient (Wildman–Crippen LogP) is 0.505. The summed E-state index contributed by atoms with van der Waals surface area (Å²) in [6.07, 6.45) is 4.23. The molecule has 0 aliphatic carbocycles. The third-order valence-corrected chi connectivity index (χ3v) is 5.35. The van der Waals surface area contributed by atoms with Gasteiger partial charge in [-0.15, -0.1) is 0 Å². The van der Waals surface area contributed by atoms with E-state index in [2.05, 4.69) is 17.1 Å². The molecule has 21 heavy (non-hydrogen) atoms. The number of rotatable bonds is 7. The third-order valence-electron chi connectivity index (χ3n) is 4.07. The molecule has 124 valence electrons. The molecule has 1 unspecified atom stereocenters. The lowest BCUT2D eigenvalue weighted by Gasteiger charge is -2.33. The zero-order chi connectivity index (χ0) is 16.0. The van der Waals surface area contributed by atoms with Crippen molar-refractivity contribution >= 4 is 15.9 Å². The fraction of sp³-hybridized carbons (Fsp3) is 0.929. The topological polar surface area (TPSA) is 69.7 Å². The van der Waals surface area contributed by atoms with Crippen LogP contribution in [0, 0.1) is 5.92 Å². The van der Waals surface area contributed by atoms with Gasteiger partial charge in [0.15, 0.2) is 0 Å². The lowest BCUT2D eigenvalue weighted by molar-refractivity contribution is -0.119. The molecule has 1 heterocycles. The zero-order valence-corrected chi connectivity index (χ0v) is 14.4. The Labute approximate surface area is 128 Å². The number of sulfonamides is 1. The van der Waals surface area contributed by atoms with Crippen LogP contribution >= 0.6 is 0 Å². The van der Waals surface area contributed by atoms with Crippen LogP contribution in [0.1, 0.15) is 33.1 Å². The molecule has 1 aliphatic rings. The van der Waals surface area contributed by atoms with Crippen LogP contribution in [0.25, 0.3) is 0 Å². The molecule has 1 N–H and O–H groups in total. The first kappa shape index (κ1) is 18.4. The van der Waals surface area contributed by atoms with E-state index in [0.29, 0.717) is 18.5 Å².